The van der Waals surface area contributed by atoms with Crippen molar-refractivity contribution >= 4 is 26.2 Å². The third-order valence-corrected chi connectivity index (χ3v) is 5.39. The highest BCUT2D eigenvalue weighted by Gasteiger charge is 2.32. The van der Waals surface area contributed by atoms with Crippen LogP contribution in [0, 0.1) is 0 Å². The Morgan fingerprint density at radius 3 is 2.00 bits per heavy atom. The topological polar surface area (TPSA) is 127 Å². The van der Waals surface area contributed by atoms with Crippen LogP contribution in [0.5, 0.6) is 0 Å². The highest BCUT2D eigenvalue weighted by molar-refractivity contribution is 7.89. The van der Waals surface area contributed by atoms with E-state index in [1.807, 2.05) is 0 Å². The minimum Gasteiger partial charge on any atom is -0.465 e. The molecule has 0 bridgehead atoms. The van der Waals surface area contributed by atoms with Crippen molar-refractivity contribution in [3.8, 4) is 0 Å². The molecular weight excluding hydrogens is 298 g/mol. The van der Waals surface area contributed by atoms with E-state index in [1.165, 1.54) is 0 Å². The summed E-state index contributed by atoms with van der Waals surface area (Å²) in [5.41, 5.74) is 0. The molecule has 0 spiro atoms. The van der Waals surface area contributed by atoms with Gasteiger partial charge in [0.1, 0.15) is 0 Å². The van der Waals surface area contributed by atoms with Gasteiger partial charge >= 0.3 is 5.97 Å². The molecule has 1 aliphatic rings. The molecule has 112 valence electrons. The molecule has 1 heterocycles. The molecular formula is C8H17N3O6S2. The summed E-state index contributed by atoms with van der Waals surface area (Å²) in [4.78, 5) is 11.2. The molecule has 0 amide bonds. The van der Waals surface area contributed by atoms with Crippen LogP contribution in [0.2, 0.25) is 0 Å². The Morgan fingerprint density at radius 1 is 1.11 bits per heavy atom. The molecule has 1 rings (SSSR count). The van der Waals surface area contributed by atoms with Gasteiger partial charge in [-0.05, 0) is 6.92 Å². The van der Waals surface area contributed by atoms with Crippen LogP contribution in [0.4, 0.5) is 0 Å². The molecule has 0 aromatic heterocycles. The Balaban J connectivity index is 2.62. The summed E-state index contributed by atoms with van der Waals surface area (Å²) >= 11 is 0. The lowest BCUT2D eigenvalue weighted by molar-refractivity contribution is -0.140. The predicted molar refractivity (Wildman–Crippen MR) is 66.7 cm³/mol. The highest BCUT2D eigenvalue weighted by Crippen LogP contribution is 2.10. The van der Waals surface area contributed by atoms with Crippen LogP contribution in [-0.2, 0) is 29.8 Å². The first-order chi connectivity index (χ1) is 8.66. The lowest BCUT2D eigenvalue weighted by atomic mass is 10.4. The van der Waals surface area contributed by atoms with Gasteiger partial charge in [0.05, 0.1) is 6.61 Å². The molecule has 0 atom stereocenters. The fraction of sp³-hybridized carbons (Fsp3) is 0.875. The van der Waals surface area contributed by atoms with Crippen molar-refractivity contribution in [2.24, 2.45) is 5.14 Å². The van der Waals surface area contributed by atoms with Gasteiger partial charge in [0.25, 0.3) is 10.2 Å². The quantitative estimate of drug-likeness (QED) is 0.568. The molecule has 19 heavy (non-hydrogen) atoms. The van der Waals surface area contributed by atoms with Gasteiger partial charge in [0.15, 0.2) is 5.75 Å². The zero-order valence-corrected chi connectivity index (χ0v) is 12.1. The summed E-state index contributed by atoms with van der Waals surface area (Å²) in [5, 5.41) is 4.94. The average molecular weight is 315 g/mol. The number of hydrogen-bond donors (Lipinski definition) is 1. The predicted octanol–water partition coefficient (Wildman–Crippen LogP) is -2.30. The highest BCUT2D eigenvalue weighted by atomic mass is 32.2. The largest absolute Gasteiger partial charge is 0.465 e. The van der Waals surface area contributed by atoms with Crippen LogP contribution in [0.1, 0.15) is 6.92 Å². The van der Waals surface area contributed by atoms with Crippen LogP contribution in [-0.4, -0.2) is 70.0 Å². The van der Waals surface area contributed by atoms with E-state index >= 15 is 0 Å². The Morgan fingerprint density at radius 2 is 1.58 bits per heavy atom. The monoisotopic (exact) mass is 315 g/mol. The number of rotatable bonds is 5. The van der Waals surface area contributed by atoms with E-state index in [-0.39, 0.29) is 32.8 Å². The molecule has 1 aliphatic heterocycles. The molecule has 2 N–H and O–H groups in total. The third-order valence-electron chi connectivity index (χ3n) is 2.56. The maximum atomic E-state index is 11.9. The Bertz CT molecular complexity index is 521. The molecule has 0 aromatic rings. The van der Waals surface area contributed by atoms with E-state index in [0.29, 0.717) is 0 Å². The maximum absolute atomic E-state index is 11.9. The second-order valence-electron chi connectivity index (χ2n) is 3.90. The van der Waals surface area contributed by atoms with Crippen molar-refractivity contribution in [3.05, 3.63) is 0 Å². The zero-order chi connectivity index (χ0) is 14.7. The Kier molecular flexibility index (Phi) is 5.26. The number of carbonyl (C=O) groups is 1. The molecule has 0 radical (unpaired) electrons. The molecule has 0 saturated carbocycles. The molecule has 11 heteroatoms. The Labute approximate surface area is 112 Å². The standard InChI is InChI=1S/C8H17N3O6S2/c1-2-17-8(12)7-18(13,14)10-3-5-11(6-4-10)19(9,15)16/h2-7H2,1H3,(H2,9,15,16). The summed E-state index contributed by atoms with van der Waals surface area (Å²) < 4.78 is 52.5. The fourth-order valence-electron chi connectivity index (χ4n) is 1.65. The number of piperazine rings is 1. The normalized spacial score (nSPS) is 19.3. The van der Waals surface area contributed by atoms with Gasteiger partial charge < -0.3 is 4.74 Å². The number of esters is 1. The number of hydrogen-bond acceptors (Lipinski definition) is 6. The van der Waals surface area contributed by atoms with Gasteiger partial charge in [0, 0.05) is 26.2 Å². The Hall–Kier alpha value is -0.750. The van der Waals surface area contributed by atoms with E-state index in [2.05, 4.69) is 4.74 Å². The molecule has 0 unspecified atom stereocenters. The lowest BCUT2D eigenvalue weighted by Gasteiger charge is -2.31. The molecule has 1 saturated heterocycles. The van der Waals surface area contributed by atoms with Crippen molar-refractivity contribution in [2.75, 3.05) is 38.5 Å². The average Bonchev–Trinajstić information content (AvgIpc) is 2.27. The van der Waals surface area contributed by atoms with E-state index in [0.717, 1.165) is 8.61 Å². The van der Waals surface area contributed by atoms with Crippen molar-refractivity contribution in [1.82, 2.24) is 8.61 Å². The van der Waals surface area contributed by atoms with Gasteiger partial charge in [-0.15, -0.1) is 0 Å². The summed E-state index contributed by atoms with van der Waals surface area (Å²) in [6.45, 7) is 1.57. The minimum absolute atomic E-state index is 0.0269. The number of nitrogens with zero attached hydrogens (tertiary/aromatic N) is 2. The number of nitrogens with two attached hydrogens (primary N) is 1. The van der Waals surface area contributed by atoms with Crippen molar-refractivity contribution in [3.63, 3.8) is 0 Å². The summed E-state index contributed by atoms with van der Waals surface area (Å²) in [5.74, 6) is -1.56. The van der Waals surface area contributed by atoms with Gasteiger partial charge in [-0.2, -0.15) is 17.0 Å². The number of carbonyl (C=O) groups excluding carboxylic acids is 1. The van der Waals surface area contributed by atoms with E-state index in [9.17, 15) is 21.6 Å². The van der Waals surface area contributed by atoms with Crippen molar-refractivity contribution in [1.29, 1.82) is 0 Å². The first kappa shape index (κ1) is 16.3. The smallest absolute Gasteiger partial charge is 0.322 e. The first-order valence-corrected chi connectivity index (χ1v) is 8.69. The van der Waals surface area contributed by atoms with Crippen molar-refractivity contribution < 1.29 is 26.4 Å². The molecule has 0 aliphatic carbocycles. The van der Waals surface area contributed by atoms with Gasteiger partial charge in [-0.25, -0.2) is 13.6 Å². The minimum atomic E-state index is -3.81. The summed E-state index contributed by atoms with van der Waals surface area (Å²) in [7, 11) is -7.58. The van der Waals surface area contributed by atoms with E-state index < -0.39 is 32.0 Å². The van der Waals surface area contributed by atoms with Gasteiger partial charge in [-0.3, -0.25) is 4.79 Å². The SMILES string of the molecule is CCOC(=O)CS(=O)(=O)N1CCN(S(N)(=O)=O)CC1. The molecule has 1 fully saturated rings. The summed E-state index contributed by atoms with van der Waals surface area (Å²) in [6.07, 6.45) is 0. The third kappa shape index (κ3) is 4.69. The van der Waals surface area contributed by atoms with Crippen LogP contribution in [0.3, 0.4) is 0 Å². The van der Waals surface area contributed by atoms with Crippen LogP contribution in [0.15, 0.2) is 0 Å². The zero-order valence-electron chi connectivity index (χ0n) is 10.5. The lowest BCUT2D eigenvalue weighted by Crippen LogP contribution is -2.53. The van der Waals surface area contributed by atoms with Crippen LogP contribution < -0.4 is 5.14 Å². The van der Waals surface area contributed by atoms with E-state index in [1.54, 1.807) is 6.92 Å². The second kappa shape index (κ2) is 6.13. The molecule has 0 aromatic carbocycles. The number of ether oxygens (including phenoxy) is 1. The van der Waals surface area contributed by atoms with Gasteiger partial charge in [-0.1, -0.05) is 0 Å². The molecule has 9 nitrogen and oxygen atoms in total. The van der Waals surface area contributed by atoms with Crippen LogP contribution >= 0.6 is 0 Å². The van der Waals surface area contributed by atoms with E-state index in [4.69, 9.17) is 5.14 Å². The maximum Gasteiger partial charge on any atom is 0.322 e. The second-order valence-corrected chi connectivity index (χ2v) is 7.42. The van der Waals surface area contributed by atoms with Gasteiger partial charge in [0.2, 0.25) is 10.0 Å². The number of sulfonamides is 1. The fourth-order valence-corrected chi connectivity index (χ4v) is 3.60. The van der Waals surface area contributed by atoms with Crippen molar-refractivity contribution in [2.45, 2.75) is 6.92 Å². The van der Waals surface area contributed by atoms with Crippen LogP contribution in [0.25, 0.3) is 0 Å². The first-order valence-electron chi connectivity index (χ1n) is 5.58. The summed E-state index contributed by atoms with van der Waals surface area (Å²) in [6, 6.07) is 0.